The molecule has 0 unspecified atom stereocenters. The number of likely N-dealkylation sites (tertiary alicyclic amines) is 1. The number of oxazole rings is 1. The van der Waals surface area contributed by atoms with Crippen LogP contribution < -0.4 is 5.73 Å². The first kappa shape index (κ1) is 20.6. The van der Waals surface area contributed by atoms with Gasteiger partial charge >= 0.3 is 0 Å². The molecule has 26 heavy (non-hydrogen) atoms. The van der Waals surface area contributed by atoms with Gasteiger partial charge in [-0.3, -0.25) is 4.90 Å². The van der Waals surface area contributed by atoms with Crippen LogP contribution in [0.2, 0.25) is 0 Å². The van der Waals surface area contributed by atoms with Gasteiger partial charge in [0.25, 0.3) is 0 Å². The third kappa shape index (κ3) is 4.18. The van der Waals surface area contributed by atoms with Crippen LogP contribution in [0.15, 0.2) is 52.9 Å². The summed E-state index contributed by atoms with van der Waals surface area (Å²) in [6.45, 7) is 3.13. The van der Waals surface area contributed by atoms with E-state index in [2.05, 4.69) is 34.1 Å². The largest absolute Gasteiger partial charge is 0.439 e. The molecular weight excluding hydrogens is 376 g/mol. The van der Waals surface area contributed by atoms with Gasteiger partial charge < -0.3 is 10.2 Å². The molecule has 0 spiro atoms. The first-order valence-electron chi connectivity index (χ1n) is 8.25. The Kier molecular flexibility index (Phi) is 7.01. The second-order valence-electron chi connectivity index (χ2n) is 6.43. The second kappa shape index (κ2) is 8.82. The summed E-state index contributed by atoms with van der Waals surface area (Å²) in [7, 11) is 0. The highest BCUT2D eigenvalue weighted by Crippen LogP contribution is 2.33. The molecule has 0 aliphatic carbocycles. The third-order valence-electron chi connectivity index (χ3n) is 4.80. The molecule has 2 N–H and O–H groups in total. The lowest BCUT2D eigenvalue weighted by Crippen LogP contribution is -2.23. The zero-order chi connectivity index (χ0) is 16.5. The van der Waals surface area contributed by atoms with Gasteiger partial charge in [0, 0.05) is 25.1 Å². The Labute approximate surface area is 164 Å². The van der Waals surface area contributed by atoms with Crippen molar-refractivity contribution in [1.29, 1.82) is 0 Å². The standard InChI is InChI=1S/C19H20FN3O.2ClH/c20-15-6-7-18-17(8-15)22-19(24-18)12-23-10-14(9-21)16(11-23)13-4-2-1-3-5-13;;/h1-8,14,16H,9-12,21H2;2*1H/t14-,16+;;/m1../s1. The molecule has 3 aromatic rings. The summed E-state index contributed by atoms with van der Waals surface area (Å²) in [5, 5.41) is 0. The summed E-state index contributed by atoms with van der Waals surface area (Å²) in [5.74, 6) is 1.18. The van der Waals surface area contributed by atoms with E-state index < -0.39 is 0 Å². The minimum atomic E-state index is -0.296. The van der Waals surface area contributed by atoms with E-state index >= 15 is 0 Å². The SMILES string of the molecule is Cl.Cl.NC[C@@H]1CN(Cc2nc3cc(F)ccc3o2)C[C@H]1c1ccccc1. The van der Waals surface area contributed by atoms with Crippen LogP contribution in [0.1, 0.15) is 17.4 Å². The van der Waals surface area contributed by atoms with E-state index in [-0.39, 0.29) is 30.6 Å². The summed E-state index contributed by atoms with van der Waals surface area (Å²) in [4.78, 5) is 6.72. The fourth-order valence-electron chi connectivity index (χ4n) is 3.61. The number of halogens is 3. The molecule has 1 saturated heterocycles. The normalized spacial score (nSPS) is 19.9. The number of benzene rings is 2. The predicted octanol–water partition coefficient (Wildman–Crippen LogP) is 3.98. The number of aromatic nitrogens is 1. The molecule has 4 rings (SSSR count). The molecule has 7 heteroatoms. The van der Waals surface area contributed by atoms with Gasteiger partial charge in [-0.15, -0.1) is 24.8 Å². The van der Waals surface area contributed by atoms with Gasteiger partial charge in [-0.05, 0) is 30.2 Å². The van der Waals surface area contributed by atoms with E-state index in [0.717, 1.165) is 13.1 Å². The lowest BCUT2D eigenvalue weighted by molar-refractivity contribution is 0.284. The third-order valence-corrected chi connectivity index (χ3v) is 4.80. The minimum absolute atomic E-state index is 0. The fourth-order valence-corrected chi connectivity index (χ4v) is 3.61. The molecule has 1 fully saturated rings. The maximum atomic E-state index is 13.3. The van der Waals surface area contributed by atoms with Crippen molar-refractivity contribution in [3.63, 3.8) is 0 Å². The summed E-state index contributed by atoms with van der Waals surface area (Å²) < 4.78 is 19.0. The molecule has 0 radical (unpaired) electrons. The predicted molar refractivity (Wildman–Crippen MR) is 105 cm³/mol. The average molecular weight is 398 g/mol. The molecule has 2 aromatic carbocycles. The van der Waals surface area contributed by atoms with E-state index in [4.69, 9.17) is 10.2 Å². The van der Waals surface area contributed by atoms with Crippen molar-refractivity contribution in [2.24, 2.45) is 11.7 Å². The summed E-state index contributed by atoms with van der Waals surface area (Å²) >= 11 is 0. The number of rotatable bonds is 4. The van der Waals surface area contributed by atoms with Crippen LogP contribution in [-0.4, -0.2) is 29.5 Å². The van der Waals surface area contributed by atoms with E-state index in [1.165, 1.54) is 17.7 Å². The van der Waals surface area contributed by atoms with Crippen molar-refractivity contribution < 1.29 is 8.81 Å². The van der Waals surface area contributed by atoms with Crippen LogP contribution >= 0.6 is 24.8 Å². The minimum Gasteiger partial charge on any atom is -0.439 e. The quantitative estimate of drug-likeness (QED) is 0.722. The Morgan fingerprint density at radius 1 is 1.12 bits per heavy atom. The summed E-state index contributed by atoms with van der Waals surface area (Å²) in [6, 6.07) is 14.9. The molecule has 4 nitrogen and oxygen atoms in total. The van der Waals surface area contributed by atoms with Crippen LogP contribution in [0, 0.1) is 11.7 Å². The van der Waals surface area contributed by atoms with Gasteiger partial charge in [-0.25, -0.2) is 9.37 Å². The van der Waals surface area contributed by atoms with Gasteiger partial charge in [0.1, 0.15) is 11.3 Å². The first-order valence-corrected chi connectivity index (χ1v) is 8.25. The molecule has 2 heterocycles. The van der Waals surface area contributed by atoms with E-state index in [0.29, 0.717) is 41.9 Å². The zero-order valence-corrected chi connectivity index (χ0v) is 15.8. The van der Waals surface area contributed by atoms with E-state index in [1.54, 1.807) is 6.07 Å². The molecule has 0 saturated carbocycles. The van der Waals surface area contributed by atoms with Crippen molar-refractivity contribution in [3.05, 3.63) is 65.8 Å². The molecular formula is C19H22Cl2FN3O. The lowest BCUT2D eigenvalue weighted by Gasteiger charge is -2.16. The fraction of sp³-hybridized carbons (Fsp3) is 0.316. The second-order valence-corrected chi connectivity index (χ2v) is 6.43. The Morgan fingerprint density at radius 3 is 2.62 bits per heavy atom. The number of fused-ring (bicyclic) bond motifs is 1. The van der Waals surface area contributed by atoms with Crippen LogP contribution in [0.25, 0.3) is 11.1 Å². The highest BCUT2D eigenvalue weighted by Gasteiger charge is 2.33. The van der Waals surface area contributed by atoms with Crippen LogP contribution in [0.4, 0.5) is 4.39 Å². The summed E-state index contributed by atoms with van der Waals surface area (Å²) in [6.07, 6.45) is 0. The highest BCUT2D eigenvalue weighted by molar-refractivity contribution is 5.85. The van der Waals surface area contributed by atoms with Crippen molar-refractivity contribution >= 4 is 35.9 Å². The Bertz CT molecular complexity index is 843. The van der Waals surface area contributed by atoms with Crippen molar-refractivity contribution in [2.75, 3.05) is 19.6 Å². The number of nitrogens with two attached hydrogens (primary N) is 1. The van der Waals surface area contributed by atoms with Crippen molar-refractivity contribution in [2.45, 2.75) is 12.5 Å². The number of nitrogens with zero attached hydrogens (tertiary/aromatic N) is 2. The molecule has 2 atom stereocenters. The number of hydrogen-bond donors (Lipinski definition) is 1. The molecule has 140 valence electrons. The summed E-state index contributed by atoms with van der Waals surface area (Å²) in [5.41, 5.74) is 8.51. The Morgan fingerprint density at radius 2 is 1.88 bits per heavy atom. The lowest BCUT2D eigenvalue weighted by atomic mass is 9.89. The van der Waals surface area contributed by atoms with Crippen LogP contribution in [-0.2, 0) is 6.54 Å². The maximum absolute atomic E-state index is 13.3. The van der Waals surface area contributed by atoms with Crippen molar-refractivity contribution in [1.82, 2.24) is 9.88 Å². The van der Waals surface area contributed by atoms with E-state index in [9.17, 15) is 4.39 Å². The van der Waals surface area contributed by atoms with Gasteiger partial charge in [-0.2, -0.15) is 0 Å². The van der Waals surface area contributed by atoms with Crippen LogP contribution in [0.3, 0.4) is 0 Å². The van der Waals surface area contributed by atoms with Crippen LogP contribution in [0.5, 0.6) is 0 Å². The first-order chi connectivity index (χ1) is 11.7. The van der Waals surface area contributed by atoms with E-state index in [1.807, 2.05) is 6.07 Å². The highest BCUT2D eigenvalue weighted by atomic mass is 35.5. The smallest absolute Gasteiger partial charge is 0.209 e. The molecule has 1 aromatic heterocycles. The Balaban J connectivity index is 0.00000121. The van der Waals surface area contributed by atoms with Gasteiger partial charge in [0.15, 0.2) is 5.58 Å². The van der Waals surface area contributed by atoms with Gasteiger partial charge in [-0.1, -0.05) is 30.3 Å². The monoisotopic (exact) mass is 397 g/mol. The Hall–Kier alpha value is -1.66. The van der Waals surface area contributed by atoms with Gasteiger partial charge in [0.05, 0.1) is 6.54 Å². The molecule has 1 aliphatic heterocycles. The van der Waals surface area contributed by atoms with Crippen molar-refractivity contribution in [3.8, 4) is 0 Å². The zero-order valence-electron chi connectivity index (χ0n) is 14.2. The average Bonchev–Trinajstić information content (AvgIpc) is 3.18. The molecule has 0 amide bonds. The molecule has 0 bridgehead atoms. The van der Waals surface area contributed by atoms with Gasteiger partial charge in [0.2, 0.25) is 5.89 Å². The topological polar surface area (TPSA) is 55.3 Å². The molecule has 1 aliphatic rings. The number of hydrogen-bond acceptors (Lipinski definition) is 4. The maximum Gasteiger partial charge on any atom is 0.209 e.